The minimum absolute atomic E-state index is 0.0480. The summed E-state index contributed by atoms with van der Waals surface area (Å²) < 4.78 is 12.7. The van der Waals surface area contributed by atoms with Crippen LogP contribution in [-0.4, -0.2) is 55.0 Å². The highest BCUT2D eigenvalue weighted by molar-refractivity contribution is 5.80. The number of hydrogen-bond donors (Lipinski definition) is 2. The molecule has 0 saturated carbocycles. The maximum absolute atomic E-state index is 12.8. The number of furan rings is 1. The fourth-order valence-corrected chi connectivity index (χ4v) is 3.84. The molecule has 0 fully saturated rings. The van der Waals surface area contributed by atoms with Crippen molar-refractivity contribution in [1.29, 1.82) is 0 Å². The van der Waals surface area contributed by atoms with Gasteiger partial charge in [0.1, 0.15) is 18.1 Å². The lowest BCUT2D eigenvalue weighted by Crippen LogP contribution is -2.32. The summed E-state index contributed by atoms with van der Waals surface area (Å²) in [7, 11) is 0. The first-order valence-electron chi connectivity index (χ1n) is 11.0. The number of tetrazole rings is 1. The van der Waals surface area contributed by atoms with Gasteiger partial charge in [0.2, 0.25) is 0 Å². The SMILES string of the molecule is CCOc1ccc2[nH]c(=O)c(CN(CCCO)C(C)c3nnnn3Cc3ccco3)cc2c1. The molecular weight excluding hydrogens is 424 g/mol. The largest absolute Gasteiger partial charge is 0.494 e. The van der Waals surface area contributed by atoms with Crippen LogP contribution in [0.15, 0.2) is 51.9 Å². The number of ether oxygens (including phenoxy) is 1. The number of benzene rings is 1. The van der Waals surface area contributed by atoms with Gasteiger partial charge in [-0.15, -0.1) is 5.10 Å². The Morgan fingerprint density at radius 3 is 2.94 bits per heavy atom. The summed E-state index contributed by atoms with van der Waals surface area (Å²) in [5.74, 6) is 2.15. The molecule has 0 saturated heterocycles. The lowest BCUT2D eigenvalue weighted by molar-refractivity contribution is 0.166. The van der Waals surface area contributed by atoms with Crippen molar-refractivity contribution in [2.45, 2.75) is 39.4 Å². The third kappa shape index (κ3) is 5.29. The average molecular weight is 453 g/mol. The van der Waals surface area contributed by atoms with E-state index in [1.165, 1.54) is 0 Å². The van der Waals surface area contributed by atoms with E-state index >= 15 is 0 Å². The molecule has 0 aliphatic heterocycles. The summed E-state index contributed by atoms with van der Waals surface area (Å²) in [6, 6.07) is 11.0. The molecule has 1 unspecified atom stereocenters. The highest BCUT2D eigenvalue weighted by Crippen LogP contribution is 2.23. The van der Waals surface area contributed by atoms with Crippen LogP contribution >= 0.6 is 0 Å². The van der Waals surface area contributed by atoms with E-state index in [0.717, 1.165) is 22.4 Å². The van der Waals surface area contributed by atoms with Gasteiger partial charge in [-0.05, 0) is 67.1 Å². The van der Waals surface area contributed by atoms with Crippen LogP contribution in [0.1, 0.15) is 43.5 Å². The number of aromatic nitrogens is 5. The van der Waals surface area contributed by atoms with Crippen molar-refractivity contribution in [2.24, 2.45) is 0 Å². The first-order chi connectivity index (χ1) is 16.1. The Bertz CT molecular complexity index is 1230. The Morgan fingerprint density at radius 1 is 1.30 bits per heavy atom. The molecule has 3 heterocycles. The second kappa shape index (κ2) is 10.4. The molecule has 0 amide bonds. The molecule has 3 aromatic heterocycles. The maximum Gasteiger partial charge on any atom is 0.252 e. The van der Waals surface area contributed by atoms with E-state index in [2.05, 4.69) is 25.4 Å². The number of pyridine rings is 1. The van der Waals surface area contributed by atoms with Crippen LogP contribution in [0.2, 0.25) is 0 Å². The van der Waals surface area contributed by atoms with Crippen LogP contribution in [-0.2, 0) is 13.1 Å². The quantitative estimate of drug-likeness (QED) is 0.356. The smallest absolute Gasteiger partial charge is 0.252 e. The van der Waals surface area contributed by atoms with Gasteiger partial charge in [0.15, 0.2) is 5.82 Å². The monoisotopic (exact) mass is 452 g/mol. The van der Waals surface area contributed by atoms with Gasteiger partial charge >= 0.3 is 0 Å². The van der Waals surface area contributed by atoms with Gasteiger partial charge in [0.25, 0.3) is 5.56 Å². The van der Waals surface area contributed by atoms with Crippen LogP contribution in [0, 0.1) is 0 Å². The van der Waals surface area contributed by atoms with Crippen LogP contribution < -0.4 is 10.3 Å². The van der Waals surface area contributed by atoms with Crippen LogP contribution in [0.25, 0.3) is 10.9 Å². The number of aliphatic hydroxyl groups excluding tert-OH is 1. The molecule has 0 radical (unpaired) electrons. The molecule has 2 N–H and O–H groups in total. The van der Waals surface area contributed by atoms with Gasteiger partial charge in [-0.25, -0.2) is 4.68 Å². The molecule has 0 aliphatic carbocycles. The lowest BCUT2D eigenvalue weighted by Gasteiger charge is -2.28. The number of nitrogens with zero attached hydrogens (tertiary/aromatic N) is 5. The number of rotatable bonds is 11. The standard InChI is InChI=1S/C23H28N6O4/c1-3-32-19-7-8-21-17(13-19)12-18(23(31)24-21)14-28(9-5-10-30)16(2)22-25-26-27-29(22)15-20-6-4-11-33-20/h4,6-8,11-13,16,30H,3,5,9-10,14-15H2,1-2H3,(H,24,31). The van der Waals surface area contributed by atoms with Crippen LogP contribution in [0.3, 0.4) is 0 Å². The summed E-state index contributed by atoms with van der Waals surface area (Å²) in [5, 5.41) is 22.5. The van der Waals surface area contributed by atoms with Crippen molar-refractivity contribution in [2.75, 3.05) is 19.8 Å². The van der Waals surface area contributed by atoms with E-state index in [-0.39, 0.29) is 18.2 Å². The molecule has 0 aliphatic rings. The van der Waals surface area contributed by atoms with Crippen molar-refractivity contribution >= 4 is 10.9 Å². The van der Waals surface area contributed by atoms with Gasteiger partial charge < -0.3 is 19.2 Å². The van der Waals surface area contributed by atoms with Crippen molar-refractivity contribution in [3.8, 4) is 5.75 Å². The molecule has 33 heavy (non-hydrogen) atoms. The maximum atomic E-state index is 12.8. The molecule has 1 aromatic carbocycles. The minimum atomic E-state index is -0.202. The zero-order valence-corrected chi connectivity index (χ0v) is 18.8. The third-order valence-corrected chi connectivity index (χ3v) is 5.55. The van der Waals surface area contributed by atoms with Crippen LogP contribution in [0.4, 0.5) is 0 Å². The van der Waals surface area contributed by atoms with Gasteiger partial charge in [-0.3, -0.25) is 9.69 Å². The summed E-state index contributed by atoms with van der Waals surface area (Å²) in [6.07, 6.45) is 2.17. The second-order valence-electron chi connectivity index (χ2n) is 7.80. The Labute approximate surface area is 190 Å². The molecule has 4 rings (SSSR count). The number of H-pyrrole nitrogens is 1. The Morgan fingerprint density at radius 2 is 2.18 bits per heavy atom. The zero-order chi connectivity index (χ0) is 23.2. The Balaban J connectivity index is 1.61. The van der Waals surface area contributed by atoms with Crippen molar-refractivity contribution in [3.05, 3.63) is 70.2 Å². The van der Waals surface area contributed by atoms with Crippen molar-refractivity contribution < 1.29 is 14.3 Å². The summed E-state index contributed by atoms with van der Waals surface area (Å²) in [5.41, 5.74) is 1.22. The molecular formula is C23H28N6O4. The Kier molecular flexibility index (Phi) is 7.16. The Hall–Kier alpha value is -3.50. The van der Waals surface area contributed by atoms with E-state index in [1.807, 2.05) is 50.2 Å². The topological polar surface area (TPSA) is 122 Å². The van der Waals surface area contributed by atoms with Crippen molar-refractivity contribution in [3.63, 3.8) is 0 Å². The molecule has 4 aromatic rings. The van der Waals surface area contributed by atoms with E-state index in [4.69, 9.17) is 9.15 Å². The van der Waals surface area contributed by atoms with E-state index < -0.39 is 0 Å². The first kappa shape index (κ1) is 22.7. The highest BCUT2D eigenvalue weighted by Gasteiger charge is 2.23. The van der Waals surface area contributed by atoms with Gasteiger partial charge in [0.05, 0.1) is 18.9 Å². The highest BCUT2D eigenvalue weighted by atomic mass is 16.5. The predicted octanol–water partition coefficient (Wildman–Crippen LogP) is 2.50. The molecule has 0 bridgehead atoms. The molecule has 10 nitrogen and oxygen atoms in total. The average Bonchev–Trinajstić information content (AvgIpc) is 3.49. The normalized spacial score (nSPS) is 12.5. The number of hydrogen-bond acceptors (Lipinski definition) is 8. The second-order valence-corrected chi connectivity index (χ2v) is 7.80. The number of fused-ring (bicyclic) bond motifs is 1. The van der Waals surface area contributed by atoms with E-state index in [1.54, 1.807) is 10.9 Å². The number of aliphatic hydroxyl groups is 1. The fraction of sp³-hybridized carbons (Fsp3) is 0.391. The van der Waals surface area contributed by atoms with E-state index in [0.29, 0.717) is 44.0 Å². The number of aromatic amines is 1. The summed E-state index contributed by atoms with van der Waals surface area (Å²) >= 11 is 0. The molecule has 10 heteroatoms. The molecule has 1 atom stereocenters. The van der Waals surface area contributed by atoms with Gasteiger partial charge in [0, 0.05) is 36.2 Å². The van der Waals surface area contributed by atoms with Crippen LogP contribution in [0.5, 0.6) is 5.75 Å². The van der Waals surface area contributed by atoms with Gasteiger partial charge in [-0.2, -0.15) is 0 Å². The third-order valence-electron chi connectivity index (χ3n) is 5.55. The predicted molar refractivity (Wildman–Crippen MR) is 122 cm³/mol. The van der Waals surface area contributed by atoms with Gasteiger partial charge in [-0.1, -0.05) is 0 Å². The molecule has 0 spiro atoms. The fourth-order valence-electron chi connectivity index (χ4n) is 3.84. The first-order valence-corrected chi connectivity index (χ1v) is 11.0. The number of nitrogens with one attached hydrogen (secondary N) is 1. The zero-order valence-electron chi connectivity index (χ0n) is 18.8. The minimum Gasteiger partial charge on any atom is -0.494 e. The summed E-state index contributed by atoms with van der Waals surface area (Å²) in [4.78, 5) is 17.9. The lowest BCUT2D eigenvalue weighted by atomic mass is 10.1. The van der Waals surface area contributed by atoms with E-state index in [9.17, 15) is 9.90 Å². The van der Waals surface area contributed by atoms with Crippen molar-refractivity contribution in [1.82, 2.24) is 30.1 Å². The molecule has 174 valence electrons. The summed E-state index contributed by atoms with van der Waals surface area (Å²) in [6.45, 7) is 5.89.